The fraction of sp³-hybridized carbons (Fsp3) is 0.290. The Labute approximate surface area is 236 Å². The Balaban J connectivity index is 1.44. The van der Waals surface area contributed by atoms with Crippen molar-refractivity contribution in [2.75, 3.05) is 12.3 Å². The largest absolute Gasteiger partial charge is 0.454 e. The number of aromatic nitrogens is 3. The number of allylic oxidation sites excluding steroid dienone is 1. The number of rotatable bonds is 6. The molecule has 0 aliphatic carbocycles. The van der Waals surface area contributed by atoms with E-state index in [0.29, 0.717) is 35.7 Å². The first-order valence-corrected chi connectivity index (χ1v) is 13.3. The number of fused-ring (bicyclic) bond motifs is 1. The maximum absolute atomic E-state index is 14.1. The van der Waals surface area contributed by atoms with Crippen LogP contribution >= 0.6 is 0 Å². The number of hydrogen-bond donors (Lipinski definition) is 1. The quantitative estimate of drug-likeness (QED) is 0.222. The monoisotopic (exact) mass is 556 g/mol. The van der Waals surface area contributed by atoms with Crippen LogP contribution in [0, 0.1) is 28.4 Å². The maximum Gasteiger partial charge on any atom is 0.264 e. The van der Waals surface area contributed by atoms with Crippen LogP contribution in [0.5, 0.6) is 11.5 Å². The molecule has 0 bridgehead atoms. The van der Waals surface area contributed by atoms with Crippen LogP contribution in [0.1, 0.15) is 33.6 Å². The van der Waals surface area contributed by atoms with Gasteiger partial charge in [-0.15, -0.1) is 0 Å². The lowest BCUT2D eigenvalue weighted by Crippen LogP contribution is -2.39. The van der Waals surface area contributed by atoms with Crippen molar-refractivity contribution in [3.8, 4) is 28.7 Å². The van der Waals surface area contributed by atoms with Gasteiger partial charge in [0.15, 0.2) is 11.6 Å². The van der Waals surface area contributed by atoms with Gasteiger partial charge in [-0.25, -0.2) is 14.4 Å². The number of ether oxygens (including phenoxy) is 1. The van der Waals surface area contributed by atoms with Crippen molar-refractivity contribution in [3.63, 3.8) is 0 Å². The summed E-state index contributed by atoms with van der Waals surface area (Å²) < 4.78 is 35.1. The van der Waals surface area contributed by atoms with E-state index in [1.54, 1.807) is 35.2 Å². The number of carbonyl (C=O) groups is 1. The highest BCUT2D eigenvalue weighted by Crippen LogP contribution is 2.35. The minimum Gasteiger partial charge on any atom is -0.454 e. The number of nitrogens with zero attached hydrogens (tertiary/aromatic N) is 5. The standard InChI is InChI=1S/C31H30F2N6O2/c1-31(2,3)14-20(15-34)30(40)39-13-5-6-21(39)16-38-17-23(26-28(35)36-18-37-29(26)38)19-9-11-22(12-10-19)41-25-8-4-7-24(32)27(25)33/h4,7-12,14,17-18,21H,5-6,13,16H2,1-3H3,(H2,35,36,37)/b20-14-/t21-/m0/s1. The zero-order valence-electron chi connectivity index (χ0n) is 23.1. The SMILES string of the molecule is CC(C)(C)/C=C(/C#N)C(=O)N1CCC[C@H]1Cn1cc(-c2ccc(Oc3cccc(F)c3F)cc2)c2c(N)ncnc21. The first-order chi connectivity index (χ1) is 19.6. The second kappa shape index (κ2) is 11.0. The van der Waals surface area contributed by atoms with E-state index < -0.39 is 11.6 Å². The number of carbonyl (C=O) groups excluding carboxylic acids is 1. The average molecular weight is 557 g/mol. The third kappa shape index (κ3) is 5.75. The van der Waals surface area contributed by atoms with Crippen LogP contribution in [-0.2, 0) is 11.3 Å². The normalized spacial score (nSPS) is 15.8. The molecule has 3 heterocycles. The van der Waals surface area contributed by atoms with E-state index >= 15 is 0 Å². The van der Waals surface area contributed by atoms with E-state index in [1.165, 1.54) is 18.5 Å². The molecule has 0 radical (unpaired) electrons. The van der Waals surface area contributed by atoms with Crippen LogP contribution < -0.4 is 10.5 Å². The second-order valence-electron chi connectivity index (χ2n) is 11.2. The van der Waals surface area contributed by atoms with Gasteiger partial charge in [-0.2, -0.15) is 9.65 Å². The van der Waals surface area contributed by atoms with Gasteiger partial charge in [-0.1, -0.05) is 45.0 Å². The molecule has 8 nitrogen and oxygen atoms in total. The molecule has 1 aliphatic heterocycles. The van der Waals surface area contributed by atoms with Crippen LogP contribution in [0.4, 0.5) is 14.6 Å². The number of nitrogens with two attached hydrogens (primary N) is 1. The molecule has 5 rings (SSSR count). The molecule has 1 fully saturated rings. The third-order valence-corrected chi connectivity index (χ3v) is 6.97. The van der Waals surface area contributed by atoms with Gasteiger partial charge in [-0.05, 0) is 48.1 Å². The Morgan fingerprint density at radius 2 is 1.95 bits per heavy atom. The highest BCUT2D eigenvalue weighted by Gasteiger charge is 2.32. The first-order valence-electron chi connectivity index (χ1n) is 13.3. The van der Waals surface area contributed by atoms with Gasteiger partial charge < -0.3 is 19.9 Å². The number of halogens is 2. The van der Waals surface area contributed by atoms with Crippen molar-refractivity contribution >= 4 is 22.8 Å². The minimum absolute atomic E-state index is 0.129. The molecule has 1 amide bonds. The number of hydrogen-bond acceptors (Lipinski definition) is 6. The fourth-order valence-corrected chi connectivity index (χ4v) is 5.15. The molecule has 10 heteroatoms. The van der Waals surface area contributed by atoms with Gasteiger partial charge in [-0.3, -0.25) is 4.79 Å². The van der Waals surface area contributed by atoms with E-state index in [0.717, 1.165) is 30.0 Å². The maximum atomic E-state index is 14.1. The lowest BCUT2D eigenvalue weighted by molar-refractivity contribution is -0.127. The Morgan fingerprint density at radius 3 is 2.66 bits per heavy atom. The van der Waals surface area contributed by atoms with E-state index in [1.807, 2.05) is 31.5 Å². The molecule has 2 N–H and O–H groups in total. The smallest absolute Gasteiger partial charge is 0.264 e. The van der Waals surface area contributed by atoms with Crippen LogP contribution in [0.15, 0.2) is 66.6 Å². The van der Waals surface area contributed by atoms with Gasteiger partial charge in [0, 0.05) is 24.8 Å². The van der Waals surface area contributed by atoms with Gasteiger partial charge in [0.2, 0.25) is 5.82 Å². The van der Waals surface area contributed by atoms with E-state index in [4.69, 9.17) is 10.5 Å². The molecule has 0 unspecified atom stereocenters. The number of anilines is 1. The molecule has 2 aromatic carbocycles. The number of likely N-dealkylation sites (tertiary alicyclic amines) is 1. The number of benzene rings is 2. The van der Waals surface area contributed by atoms with Crippen LogP contribution in [-0.4, -0.2) is 37.9 Å². The molecule has 4 aromatic rings. The molecule has 41 heavy (non-hydrogen) atoms. The van der Waals surface area contributed by atoms with Crippen LogP contribution in [0.2, 0.25) is 0 Å². The van der Waals surface area contributed by atoms with Crippen molar-refractivity contribution in [2.24, 2.45) is 5.41 Å². The van der Waals surface area contributed by atoms with Gasteiger partial charge in [0.05, 0.1) is 11.4 Å². The van der Waals surface area contributed by atoms with Crippen molar-refractivity contribution < 1.29 is 18.3 Å². The zero-order chi connectivity index (χ0) is 29.3. The lowest BCUT2D eigenvalue weighted by atomic mass is 9.93. The van der Waals surface area contributed by atoms with E-state index in [2.05, 4.69) is 16.0 Å². The molecule has 1 atom stereocenters. The van der Waals surface area contributed by atoms with Gasteiger partial charge in [0.1, 0.15) is 35.2 Å². The molecular formula is C31H30F2N6O2. The topological polar surface area (TPSA) is 110 Å². The summed E-state index contributed by atoms with van der Waals surface area (Å²) in [6.45, 7) is 6.90. The van der Waals surface area contributed by atoms with Crippen molar-refractivity contribution in [1.29, 1.82) is 5.26 Å². The molecule has 210 valence electrons. The summed E-state index contributed by atoms with van der Waals surface area (Å²) in [4.78, 5) is 23.8. The Kier molecular flexibility index (Phi) is 7.45. The summed E-state index contributed by atoms with van der Waals surface area (Å²) in [5.74, 6) is -1.87. The zero-order valence-corrected chi connectivity index (χ0v) is 23.1. The third-order valence-electron chi connectivity index (χ3n) is 6.97. The fourth-order valence-electron chi connectivity index (χ4n) is 5.15. The summed E-state index contributed by atoms with van der Waals surface area (Å²) in [6.07, 6.45) is 6.67. The number of amides is 1. The van der Waals surface area contributed by atoms with Gasteiger partial charge >= 0.3 is 0 Å². The van der Waals surface area contributed by atoms with Crippen LogP contribution in [0.25, 0.3) is 22.2 Å². The number of nitrogen functional groups attached to an aromatic ring is 1. The molecular weight excluding hydrogens is 526 g/mol. The van der Waals surface area contributed by atoms with Gasteiger partial charge in [0.25, 0.3) is 5.91 Å². The predicted molar refractivity (Wildman–Crippen MR) is 152 cm³/mol. The summed E-state index contributed by atoms with van der Waals surface area (Å²) in [7, 11) is 0. The van der Waals surface area contributed by atoms with Crippen molar-refractivity contribution in [3.05, 3.63) is 78.3 Å². The van der Waals surface area contributed by atoms with E-state index in [9.17, 15) is 18.8 Å². The van der Waals surface area contributed by atoms with Crippen molar-refractivity contribution in [2.45, 2.75) is 46.2 Å². The highest BCUT2D eigenvalue weighted by atomic mass is 19.2. The summed E-state index contributed by atoms with van der Waals surface area (Å²) >= 11 is 0. The molecule has 1 aliphatic rings. The predicted octanol–water partition coefficient (Wildman–Crippen LogP) is 6.24. The minimum atomic E-state index is -1.06. The lowest BCUT2D eigenvalue weighted by Gasteiger charge is -2.26. The Morgan fingerprint density at radius 1 is 1.20 bits per heavy atom. The molecule has 1 saturated heterocycles. The molecule has 0 saturated carbocycles. The number of nitriles is 1. The molecule has 2 aromatic heterocycles. The summed E-state index contributed by atoms with van der Waals surface area (Å²) in [6, 6.07) is 12.6. The first kappa shape index (κ1) is 27.8. The van der Waals surface area contributed by atoms with E-state index in [-0.39, 0.29) is 28.7 Å². The van der Waals surface area contributed by atoms with Crippen LogP contribution in [0.3, 0.4) is 0 Å². The van der Waals surface area contributed by atoms with Crippen molar-refractivity contribution in [1.82, 2.24) is 19.4 Å². The second-order valence-corrected chi connectivity index (χ2v) is 11.2. The average Bonchev–Trinajstić information content (AvgIpc) is 3.55. The summed E-state index contributed by atoms with van der Waals surface area (Å²) in [5.41, 5.74) is 8.34. The highest BCUT2D eigenvalue weighted by molar-refractivity contribution is 6.01. The Hall–Kier alpha value is -4.78. The Bertz CT molecular complexity index is 1680. The molecule has 0 spiro atoms. The summed E-state index contributed by atoms with van der Waals surface area (Å²) in [5, 5.41) is 10.3.